The summed E-state index contributed by atoms with van der Waals surface area (Å²) in [6.07, 6.45) is 3.31. The fourth-order valence-corrected chi connectivity index (χ4v) is 2.52. The Balaban J connectivity index is 2.00. The number of hydrogen-bond donors (Lipinski definition) is 1. The molecule has 1 aromatic carbocycles. The van der Waals surface area contributed by atoms with Crippen molar-refractivity contribution in [1.29, 1.82) is 0 Å². The molecule has 1 fully saturated rings. The molecular weight excluding hydrogens is 271 g/mol. The summed E-state index contributed by atoms with van der Waals surface area (Å²) in [5.74, 6) is 0.257. The van der Waals surface area contributed by atoms with Crippen molar-refractivity contribution in [3.63, 3.8) is 0 Å². The van der Waals surface area contributed by atoms with Crippen LogP contribution in [0.2, 0.25) is 0 Å². The van der Waals surface area contributed by atoms with Crippen molar-refractivity contribution < 1.29 is 13.9 Å². The Morgan fingerprint density at radius 3 is 2.76 bits per heavy atom. The Hall–Kier alpha value is -1.62. The maximum Gasteiger partial charge on any atom is 0.260 e. The molecule has 0 aromatic heterocycles. The summed E-state index contributed by atoms with van der Waals surface area (Å²) in [5.41, 5.74) is 0.726. The molecule has 1 heterocycles. The zero-order chi connectivity index (χ0) is 15.2. The summed E-state index contributed by atoms with van der Waals surface area (Å²) in [6, 6.07) is 4.34. The molecule has 0 radical (unpaired) electrons. The number of nitrogens with one attached hydrogen (secondary N) is 1. The molecule has 0 bridgehead atoms. The van der Waals surface area contributed by atoms with E-state index < -0.39 is 0 Å². The van der Waals surface area contributed by atoms with E-state index in [0.717, 1.165) is 31.5 Å². The van der Waals surface area contributed by atoms with Crippen LogP contribution in [-0.4, -0.2) is 37.6 Å². The molecule has 4 nitrogen and oxygen atoms in total. The van der Waals surface area contributed by atoms with Crippen LogP contribution in [0.4, 0.5) is 4.39 Å². The number of carbonyl (C=O) groups excluding carboxylic acids is 1. The minimum atomic E-state index is -0.304. The van der Waals surface area contributed by atoms with Crippen LogP contribution in [0, 0.1) is 5.82 Å². The monoisotopic (exact) mass is 294 g/mol. The highest BCUT2D eigenvalue weighted by molar-refractivity contribution is 5.77. The summed E-state index contributed by atoms with van der Waals surface area (Å²) in [7, 11) is 1.80. The number of amides is 1. The highest BCUT2D eigenvalue weighted by Crippen LogP contribution is 2.26. The van der Waals surface area contributed by atoms with Gasteiger partial charge in [0.2, 0.25) is 0 Å². The van der Waals surface area contributed by atoms with Crippen molar-refractivity contribution in [2.24, 2.45) is 0 Å². The van der Waals surface area contributed by atoms with Gasteiger partial charge in [0.1, 0.15) is 11.6 Å². The third-order valence-electron chi connectivity index (χ3n) is 3.93. The number of hydrogen-bond acceptors (Lipinski definition) is 3. The number of piperidine rings is 1. The van der Waals surface area contributed by atoms with E-state index >= 15 is 0 Å². The number of carbonyl (C=O) groups is 1. The first-order chi connectivity index (χ1) is 10.1. The van der Waals surface area contributed by atoms with Crippen LogP contribution < -0.4 is 10.1 Å². The lowest BCUT2D eigenvalue weighted by molar-refractivity contribution is -0.134. The molecule has 1 aliphatic rings. The Bertz CT molecular complexity index is 487. The van der Waals surface area contributed by atoms with Crippen LogP contribution in [-0.2, 0) is 4.79 Å². The van der Waals surface area contributed by atoms with Gasteiger partial charge >= 0.3 is 0 Å². The van der Waals surface area contributed by atoms with Gasteiger partial charge in [-0.25, -0.2) is 4.39 Å². The molecule has 5 heteroatoms. The molecule has 2 rings (SSSR count). The molecule has 1 saturated heterocycles. The number of rotatable bonds is 5. The summed E-state index contributed by atoms with van der Waals surface area (Å²) >= 11 is 0. The van der Waals surface area contributed by atoms with Gasteiger partial charge in [0.15, 0.2) is 6.61 Å². The molecule has 0 spiro atoms. The van der Waals surface area contributed by atoms with Crippen molar-refractivity contribution in [1.82, 2.24) is 10.2 Å². The lowest BCUT2D eigenvalue weighted by Crippen LogP contribution is -2.38. The van der Waals surface area contributed by atoms with E-state index in [0.29, 0.717) is 5.75 Å². The minimum absolute atomic E-state index is 0.00193. The standard InChI is InChI=1S/C16H23FN2O2/c1-12(18-2)14-10-13(17)6-7-15(14)21-11-16(20)19-8-4-3-5-9-19/h6-7,10,12,18H,3-5,8-9,11H2,1-2H3. The topological polar surface area (TPSA) is 41.6 Å². The Kier molecular flexibility index (Phi) is 5.56. The summed E-state index contributed by atoms with van der Waals surface area (Å²) in [5, 5.41) is 3.06. The molecule has 1 aromatic rings. The molecule has 0 aliphatic carbocycles. The van der Waals surface area contributed by atoms with Gasteiger partial charge < -0.3 is 15.0 Å². The molecule has 21 heavy (non-hydrogen) atoms. The van der Waals surface area contributed by atoms with Crippen molar-refractivity contribution in [2.75, 3.05) is 26.7 Å². The van der Waals surface area contributed by atoms with E-state index in [4.69, 9.17) is 4.74 Å². The van der Waals surface area contributed by atoms with Crippen molar-refractivity contribution in [3.8, 4) is 5.75 Å². The Morgan fingerprint density at radius 1 is 1.38 bits per heavy atom. The predicted molar refractivity (Wildman–Crippen MR) is 79.8 cm³/mol. The minimum Gasteiger partial charge on any atom is -0.483 e. The van der Waals surface area contributed by atoms with Gasteiger partial charge in [-0.05, 0) is 51.4 Å². The normalized spacial score (nSPS) is 16.6. The molecule has 1 atom stereocenters. The summed E-state index contributed by atoms with van der Waals surface area (Å²) in [6.45, 7) is 3.56. The molecule has 0 saturated carbocycles. The zero-order valence-electron chi connectivity index (χ0n) is 12.7. The highest BCUT2D eigenvalue weighted by Gasteiger charge is 2.18. The molecule has 1 unspecified atom stereocenters. The smallest absolute Gasteiger partial charge is 0.260 e. The molecule has 1 aliphatic heterocycles. The first kappa shape index (κ1) is 15.8. The van der Waals surface area contributed by atoms with Gasteiger partial charge in [-0.1, -0.05) is 0 Å². The van der Waals surface area contributed by atoms with E-state index in [1.807, 2.05) is 11.8 Å². The van der Waals surface area contributed by atoms with E-state index in [2.05, 4.69) is 5.32 Å². The second-order valence-electron chi connectivity index (χ2n) is 5.42. The molecule has 1 N–H and O–H groups in total. The average molecular weight is 294 g/mol. The second kappa shape index (κ2) is 7.41. The second-order valence-corrected chi connectivity index (χ2v) is 5.42. The third kappa shape index (κ3) is 4.17. The number of benzene rings is 1. The van der Waals surface area contributed by atoms with Gasteiger partial charge in [-0.3, -0.25) is 4.79 Å². The van der Waals surface area contributed by atoms with Crippen LogP contribution >= 0.6 is 0 Å². The number of likely N-dealkylation sites (tertiary alicyclic amines) is 1. The number of ether oxygens (including phenoxy) is 1. The van der Waals surface area contributed by atoms with E-state index in [9.17, 15) is 9.18 Å². The van der Waals surface area contributed by atoms with Crippen molar-refractivity contribution in [2.45, 2.75) is 32.2 Å². The van der Waals surface area contributed by atoms with E-state index in [-0.39, 0.29) is 24.4 Å². The predicted octanol–water partition coefficient (Wildman–Crippen LogP) is 2.50. The van der Waals surface area contributed by atoms with Crippen molar-refractivity contribution >= 4 is 5.91 Å². The van der Waals surface area contributed by atoms with Crippen LogP contribution in [0.25, 0.3) is 0 Å². The lowest BCUT2D eigenvalue weighted by Gasteiger charge is -2.27. The van der Waals surface area contributed by atoms with Gasteiger partial charge in [-0.2, -0.15) is 0 Å². The average Bonchev–Trinajstić information content (AvgIpc) is 2.53. The first-order valence-electron chi connectivity index (χ1n) is 7.49. The third-order valence-corrected chi connectivity index (χ3v) is 3.93. The maximum absolute atomic E-state index is 13.4. The van der Waals surface area contributed by atoms with Gasteiger partial charge in [0, 0.05) is 24.7 Å². The fraction of sp³-hybridized carbons (Fsp3) is 0.562. The maximum atomic E-state index is 13.4. The van der Waals surface area contributed by atoms with E-state index in [1.165, 1.54) is 18.6 Å². The van der Waals surface area contributed by atoms with Crippen molar-refractivity contribution in [3.05, 3.63) is 29.6 Å². The van der Waals surface area contributed by atoms with Crippen LogP contribution in [0.1, 0.15) is 37.8 Å². The summed E-state index contributed by atoms with van der Waals surface area (Å²) in [4.78, 5) is 13.9. The Labute approximate surface area is 125 Å². The van der Waals surface area contributed by atoms with Crippen LogP contribution in [0.5, 0.6) is 5.75 Å². The SMILES string of the molecule is CNC(C)c1cc(F)ccc1OCC(=O)N1CCCCC1. The largest absolute Gasteiger partial charge is 0.483 e. The van der Waals surface area contributed by atoms with Gasteiger partial charge in [0.25, 0.3) is 5.91 Å². The fourth-order valence-electron chi connectivity index (χ4n) is 2.52. The summed E-state index contributed by atoms with van der Waals surface area (Å²) < 4.78 is 19.0. The van der Waals surface area contributed by atoms with Crippen LogP contribution in [0.15, 0.2) is 18.2 Å². The first-order valence-corrected chi connectivity index (χ1v) is 7.49. The highest BCUT2D eigenvalue weighted by atomic mass is 19.1. The zero-order valence-corrected chi connectivity index (χ0v) is 12.7. The van der Waals surface area contributed by atoms with E-state index in [1.54, 1.807) is 13.1 Å². The number of nitrogens with zero attached hydrogens (tertiary/aromatic N) is 1. The van der Waals surface area contributed by atoms with Crippen LogP contribution in [0.3, 0.4) is 0 Å². The van der Waals surface area contributed by atoms with Gasteiger partial charge in [-0.15, -0.1) is 0 Å². The lowest BCUT2D eigenvalue weighted by atomic mass is 10.1. The van der Waals surface area contributed by atoms with Gasteiger partial charge in [0.05, 0.1) is 0 Å². The molecular formula is C16H23FN2O2. The molecule has 116 valence electrons. The Morgan fingerprint density at radius 2 is 2.10 bits per heavy atom. The number of halogens is 1. The molecule has 1 amide bonds. The quantitative estimate of drug-likeness (QED) is 0.907.